The fourth-order valence-electron chi connectivity index (χ4n) is 1.07. The first-order valence-electron chi connectivity index (χ1n) is 3.39. The van der Waals surface area contributed by atoms with Crippen LogP contribution in [0.2, 0.25) is 0 Å². The van der Waals surface area contributed by atoms with E-state index < -0.39 is 0 Å². The summed E-state index contributed by atoms with van der Waals surface area (Å²) in [5.41, 5.74) is 6.38. The predicted octanol–water partition coefficient (Wildman–Crippen LogP) is 1.62. The highest BCUT2D eigenvalue weighted by Crippen LogP contribution is 2.17. The second-order valence-electron chi connectivity index (χ2n) is 2.37. The number of nitrogens with two attached hydrogens (primary N) is 1. The van der Waals surface area contributed by atoms with Crippen molar-refractivity contribution in [2.24, 2.45) is 0 Å². The number of anilines is 1. The van der Waals surface area contributed by atoms with Gasteiger partial charge in [-0.3, -0.25) is 4.98 Å². The van der Waals surface area contributed by atoms with Crippen molar-refractivity contribution in [2.75, 3.05) is 5.73 Å². The molecule has 2 heteroatoms. The minimum absolute atomic E-state index is 0.708. The van der Waals surface area contributed by atoms with Crippen molar-refractivity contribution in [3.05, 3.63) is 36.7 Å². The molecule has 1 heterocycles. The van der Waals surface area contributed by atoms with E-state index in [2.05, 4.69) is 11.2 Å². The fourth-order valence-corrected chi connectivity index (χ4v) is 1.07. The van der Waals surface area contributed by atoms with Gasteiger partial charge >= 0.3 is 0 Å². The number of rotatable bonds is 0. The first-order chi connectivity index (χ1) is 5.38. The lowest BCUT2D eigenvalue weighted by Gasteiger charge is -1.97. The number of pyridine rings is 1. The lowest BCUT2D eigenvalue weighted by molar-refractivity contribution is 1.35. The summed E-state index contributed by atoms with van der Waals surface area (Å²) in [5, 5.41) is 1.98. The van der Waals surface area contributed by atoms with Crippen molar-refractivity contribution in [1.82, 2.24) is 4.98 Å². The summed E-state index contributed by atoms with van der Waals surface area (Å²) < 4.78 is 0. The number of nitrogen functional groups attached to an aromatic ring is 1. The minimum atomic E-state index is 0.708. The summed E-state index contributed by atoms with van der Waals surface area (Å²) in [7, 11) is 0. The standard InChI is InChI=1S/C9H7N2/c10-9-6-11-5-7-3-1-2-4-8(7)9/h1-4,6H,10H2. The molecule has 11 heavy (non-hydrogen) atoms. The monoisotopic (exact) mass is 143 g/mol. The van der Waals surface area contributed by atoms with E-state index in [1.54, 1.807) is 6.20 Å². The van der Waals surface area contributed by atoms with Crippen molar-refractivity contribution in [2.45, 2.75) is 0 Å². The van der Waals surface area contributed by atoms with Crippen molar-refractivity contribution in [1.29, 1.82) is 0 Å². The Hall–Kier alpha value is -1.57. The molecule has 0 spiro atoms. The molecule has 0 aliphatic rings. The molecule has 1 aromatic heterocycles. The zero-order valence-corrected chi connectivity index (χ0v) is 5.91. The van der Waals surface area contributed by atoms with Gasteiger partial charge in [0.25, 0.3) is 0 Å². The average Bonchev–Trinajstić information content (AvgIpc) is 2.06. The van der Waals surface area contributed by atoms with Gasteiger partial charge in [0.05, 0.1) is 18.1 Å². The first-order valence-corrected chi connectivity index (χ1v) is 3.39. The van der Waals surface area contributed by atoms with Gasteiger partial charge in [-0.25, -0.2) is 0 Å². The molecule has 0 atom stereocenters. The zero-order valence-electron chi connectivity index (χ0n) is 5.91. The molecule has 0 saturated heterocycles. The van der Waals surface area contributed by atoms with Crippen LogP contribution in [0, 0.1) is 6.20 Å². The topological polar surface area (TPSA) is 38.9 Å². The second-order valence-corrected chi connectivity index (χ2v) is 2.37. The summed E-state index contributed by atoms with van der Waals surface area (Å²) in [4.78, 5) is 3.86. The summed E-state index contributed by atoms with van der Waals surface area (Å²) in [5.74, 6) is 0. The van der Waals surface area contributed by atoms with Crippen LogP contribution in [0.3, 0.4) is 0 Å². The van der Waals surface area contributed by atoms with Gasteiger partial charge in [-0.2, -0.15) is 0 Å². The highest BCUT2D eigenvalue weighted by molar-refractivity contribution is 5.91. The number of nitrogens with zero attached hydrogens (tertiary/aromatic N) is 1. The Balaban J connectivity index is 2.91. The number of aromatic nitrogens is 1. The molecule has 2 rings (SSSR count). The Morgan fingerprint density at radius 3 is 2.91 bits per heavy atom. The Morgan fingerprint density at radius 2 is 2.09 bits per heavy atom. The van der Waals surface area contributed by atoms with E-state index >= 15 is 0 Å². The first kappa shape index (κ1) is 6.16. The molecule has 2 aromatic rings. The third-order valence-corrected chi connectivity index (χ3v) is 1.63. The second kappa shape index (κ2) is 2.23. The molecule has 0 aliphatic carbocycles. The molecule has 0 bridgehead atoms. The fraction of sp³-hybridized carbons (Fsp3) is 0. The third-order valence-electron chi connectivity index (χ3n) is 1.63. The zero-order chi connectivity index (χ0) is 7.68. The molecule has 0 amide bonds. The number of benzene rings is 1. The van der Waals surface area contributed by atoms with E-state index in [4.69, 9.17) is 5.73 Å². The van der Waals surface area contributed by atoms with Crippen LogP contribution in [-0.4, -0.2) is 4.98 Å². The molecular weight excluding hydrogens is 136 g/mol. The predicted molar refractivity (Wildman–Crippen MR) is 45.0 cm³/mol. The van der Waals surface area contributed by atoms with Crippen LogP contribution in [0.25, 0.3) is 10.8 Å². The van der Waals surface area contributed by atoms with Crippen molar-refractivity contribution < 1.29 is 0 Å². The highest BCUT2D eigenvalue weighted by Gasteiger charge is 1.94. The van der Waals surface area contributed by atoms with Crippen LogP contribution >= 0.6 is 0 Å². The van der Waals surface area contributed by atoms with E-state index in [0.29, 0.717) is 5.69 Å². The van der Waals surface area contributed by atoms with E-state index in [1.807, 2.05) is 24.3 Å². The van der Waals surface area contributed by atoms with Crippen molar-refractivity contribution >= 4 is 16.5 Å². The van der Waals surface area contributed by atoms with Crippen LogP contribution in [0.15, 0.2) is 30.5 Å². The highest BCUT2D eigenvalue weighted by atomic mass is 14.7. The molecule has 1 aromatic carbocycles. The van der Waals surface area contributed by atoms with Crippen LogP contribution in [0.1, 0.15) is 0 Å². The normalized spacial score (nSPS) is 10.2. The van der Waals surface area contributed by atoms with Crippen LogP contribution in [-0.2, 0) is 0 Å². The molecule has 1 radical (unpaired) electrons. The maximum absolute atomic E-state index is 5.67. The van der Waals surface area contributed by atoms with Gasteiger partial charge < -0.3 is 5.73 Å². The third kappa shape index (κ3) is 0.923. The van der Waals surface area contributed by atoms with Gasteiger partial charge in [-0.1, -0.05) is 24.3 Å². The maximum Gasteiger partial charge on any atom is 0.0972 e. The SMILES string of the molecule is Nc1cn[c]c2ccccc12. The maximum atomic E-state index is 5.67. The average molecular weight is 143 g/mol. The number of fused-ring (bicyclic) bond motifs is 1. The van der Waals surface area contributed by atoms with Crippen molar-refractivity contribution in [3.63, 3.8) is 0 Å². The quantitative estimate of drug-likeness (QED) is 0.608. The van der Waals surface area contributed by atoms with E-state index in [-0.39, 0.29) is 0 Å². The Kier molecular flexibility index (Phi) is 1.25. The molecule has 53 valence electrons. The molecule has 0 fully saturated rings. The Bertz CT molecular complexity index is 377. The lowest BCUT2D eigenvalue weighted by Crippen LogP contribution is -1.87. The summed E-state index contributed by atoms with van der Waals surface area (Å²) in [6.07, 6.45) is 4.48. The van der Waals surface area contributed by atoms with Crippen LogP contribution in [0.5, 0.6) is 0 Å². The van der Waals surface area contributed by atoms with Crippen LogP contribution < -0.4 is 5.73 Å². The van der Waals surface area contributed by atoms with Gasteiger partial charge in [0.1, 0.15) is 0 Å². The summed E-state index contributed by atoms with van der Waals surface area (Å²) in [6, 6.07) is 7.80. The molecule has 0 unspecified atom stereocenters. The largest absolute Gasteiger partial charge is 0.397 e. The number of hydrogen-bond donors (Lipinski definition) is 1. The van der Waals surface area contributed by atoms with E-state index in [0.717, 1.165) is 10.8 Å². The summed E-state index contributed by atoms with van der Waals surface area (Å²) in [6.45, 7) is 0. The smallest absolute Gasteiger partial charge is 0.0972 e. The van der Waals surface area contributed by atoms with Gasteiger partial charge in [-0.15, -0.1) is 0 Å². The van der Waals surface area contributed by atoms with Gasteiger partial charge in [-0.05, 0) is 0 Å². The number of hydrogen-bond acceptors (Lipinski definition) is 2. The van der Waals surface area contributed by atoms with E-state index in [9.17, 15) is 0 Å². The summed E-state index contributed by atoms with van der Waals surface area (Å²) >= 11 is 0. The van der Waals surface area contributed by atoms with Gasteiger partial charge in [0.15, 0.2) is 0 Å². The minimum Gasteiger partial charge on any atom is -0.397 e. The van der Waals surface area contributed by atoms with Gasteiger partial charge in [0.2, 0.25) is 0 Å². The molecule has 2 nitrogen and oxygen atoms in total. The molecule has 0 saturated carbocycles. The molecule has 2 N–H and O–H groups in total. The van der Waals surface area contributed by atoms with E-state index in [1.165, 1.54) is 0 Å². The molecular formula is C9H7N2. The Labute approximate surface area is 64.7 Å². The van der Waals surface area contributed by atoms with Crippen molar-refractivity contribution in [3.8, 4) is 0 Å². The van der Waals surface area contributed by atoms with Gasteiger partial charge in [0, 0.05) is 10.8 Å². The lowest BCUT2D eigenvalue weighted by atomic mass is 10.1. The van der Waals surface area contributed by atoms with Crippen LogP contribution in [0.4, 0.5) is 5.69 Å². The molecule has 0 aliphatic heterocycles. The Morgan fingerprint density at radius 1 is 1.27 bits per heavy atom.